The molecule has 4 nitrogen and oxygen atoms in total. The van der Waals surface area contributed by atoms with Gasteiger partial charge in [0.1, 0.15) is 17.0 Å². The summed E-state index contributed by atoms with van der Waals surface area (Å²) in [6, 6.07) is 10.6. The Morgan fingerprint density at radius 1 is 1.00 bits per heavy atom. The van der Waals surface area contributed by atoms with Gasteiger partial charge in [-0.25, -0.2) is 15.0 Å². The van der Waals surface area contributed by atoms with E-state index in [1.54, 1.807) is 17.7 Å². The van der Waals surface area contributed by atoms with Gasteiger partial charge in [0.25, 0.3) is 0 Å². The van der Waals surface area contributed by atoms with E-state index in [1.165, 1.54) is 59.9 Å². The molecule has 0 unspecified atom stereocenters. The van der Waals surface area contributed by atoms with Crippen LogP contribution in [-0.4, -0.2) is 21.5 Å². The van der Waals surface area contributed by atoms with Crippen molar-refractivity contribution in [1.29, 1.82) is 0 Å². The number of thiophene rings is 1. The lowest BCUT2D eigenvalue weighted by Gasteiger charge is -2.20. The topological polar surface area (TPSA) is 50.7 Å². The third-order valence-electron chi connectivity index (χ3n) is 6.12. The summed E-state index contributed by atoms with van der Waals surface area (Å²) in [5.41, 5.74) is 6.77. The summed E-state index contributed by atoms with van der Waals surface area (Å²) >= 11 is 1.76. The van der Waals surface area contributed by atoms with Crippen molar-refractivity contribution in [1.82, 2.24) is 15.0 Å². The van der Waals surface area contributed by atoms with Gasteiger partial charge in [0, 0.05) is 17.6 Å². The fourth-order valence-corrected chi connectivity index (χ4v) is 5.73. The van der Waals surface area contributed by atoms with E-state index in [1.807, 2.05) is 0 Å². The molecule has 0 atom stereocenters. The van der Waals surface area contributed by atoms with Crippen molar-refractivity contribution in [2.24, 2.45) is 0 Å². The summed E-state index contributed by atoms with van der Waals surface area (Å²) in [4.78, 5) is 15.6. The number of fused-ring (bicyclic) bond motifs is 5. The van der Waals surface area contributed by atoms with Crippen molar-refractivity contribution >= 4 is 37.6 Å². The second-order valence-electron chi connectivity index (χ2n) is 8.17. The zero-order chi connectivity index (χ0) is 20.3. The lowest BCUT2D eigenvalue weighted by atomic mass is 9.87. The van der Waals surface area contributed by atoms with E-state index in [9.17, 15) is 0 Å². The minimum atomic E-state index is 0.859. The van der Waals surface area contributed by atoms with Crippen LogP contribution in [0.3, 0.4) is 0 Å². The second-order valence-corrected chi connectivity index (χ2v) is 9.17. The average molecular weight is 417 g/mol. The molecule has 0 radical (unpaired) electrons. The van der Waals surface area contributed by atoms with Crippen LogP contribution in [0.5, 0.6) is 0 Å². The summed E-state index contributed by atoms with van der Waals surface area (Å²) in [5, 5.41) is 4.85. The van der Waals surface area contributed by atoms with Crippen molar-refractivity contribution in [2.45, 2.75) is 58.3 Å². The molecule has 1 aliphatic rings. The van der Waals surface area contributed by atoms with Crippen molar-refractivity contribution in [3.05, 3.63) is 59.0 Å². The predicted octanol–water partition coefficient (Wildman–Crippen LogP) is 6.12. The molecule has 0 aliphatic heterocycles. The summed E-state index contributed by atoms with van der Waals surface area (Å²) in [6.45, 7) is 3.12. The molecule has 3 heterocycles. The Bertz CT molecular complexity index is 1170. The highest BCUT2D eigenvalue weighted by Gasteiger charge is 2.22. The van der Waals surface area contributed by atoms with Crippen molar-refractivity contribution in [3.8, 4) is 0 Å². The number of rotatable bonds is 7. The molecule has 30 heavy (non-hydrogen) atoms. The van der Waals surface area contributed by atoms with Crippen LogP contribution in [0.1, 0.15) is 55.0 Å². The smallest absolute Gasteiger partial charge is 0.147 e. The molecule has 5 rings (SSSR count). The first-order valence-corrected chi connectivity index (χ1v) is 12.0. The SMILES string of the molecule is CCCCc1nc2sc3c(NCCc4ccccc4)ncnc3c2c2c1CCCC2. The number of hydrogen-bond donors (Lipinski definition) is 1. The zero-order valence-corrected chi connectivity index (χ0v) is 18.4. The van der Waals surface area contributed by atoms with E-state index < -0.39 is 0 Å². The number of hydrogen-bond acceptors (Lipinski definition) is 5. The third kappa shape index (κ3) is 3.67. The summed E-state index contributed by atoms with van der Waals surface area (Å²) < 4.78 is 1.15. The van der Waals surface area contributed by atoms with Gasteiger partial charge < -0.3 is 5.32 Å². The number of aromatic nitrogens is 3. The van der Waals surface area contributed by atoms with E-state index in [4.69, 9.17) is 9.97 Å². The number of anilines is 1. The average Bonchev–Trinajstić information content (AvgIpc) is 3.18. The van der Waals surface area contributed by atoms with Crippen LogP contribution in [-0.2, 0) is 25.7 Å². The molecule has 0 amide bonds. The monoisotopic (exact) mass is 416 g/mol. The zero-order valence-electron chi connectivity index (χ0n) is 17.6. The number of pyridine rings is 1. The molecule has 0 saturated carbocycles. The molecule has 1 aromatic carbocycles. The molecule has 0 spiro atoms. The van der Waals surface area contributed by atoms with E-state index in [0.717, 1.165) is 46.7 Å². The first-order valence-electron chi connectivity index (χ1n) is 11.2. The molecule has 3 aromatic heterocycles. The normalized spacial score (nSPS) is 13.6. The van der Waals surface area contributed by atoms with Crippen molar-refractivity contribution in [2.75, 3.05) is 11.9 Å². The van der Waals surface area contributed by atoms with Crippen LogP contribution in [0.15, 0.2) is 36.7 Å². The number of unbranched alkanes of at least 4 members (excludes halogenated alkanes) is 1. The summed E-state index contributed by atoms with van der Waals surface area (Å²) in [7, 11) is 0. The molecular weight excluding hydrogens is 388 g/mol. The van der Waals surface area contributed by atoms with E-state index in [0.29, 0.717) is 0 Å². The highest BCUT2D eigenvalue weighted by Crippen LogP contribution is 2.40. The Hall–Kier alpha value is -2.53. The maximum Gasteiger partial charge on any atom is 0.147 e. The van der Waals surface area contributed by atoms with Gasteiger partial charge in [-0.1, -0.05) is 43.7 Å². The van der Waals surface area contributed by atoms with E-state index >= 15 is 0 Å². The summed E-state index contributed by atoms with van der Waals surface area (Å²) in [5.74, 6) is 0.943. The molecule has 154 valence electrons. The van der Waals surface area contributed by atoms with Crippen LogP contribution >= 0.6 is 11.3 Å². The second kappa shape index (κ2) is 8.68. The van der Waals surface area contributed by atoms with Crippen LogP contribution in [0.2, 0.25) is 0 Å². The van der Waals surface area contributed by atoms with Gasteiger partial charge in [-0.05, 0) is 61.6 Å². The number of nitrogens with zero attached hydrogens (tertiary/aromatic N) is 3. The first kappa shape index (κ1) is 19.4. The van der Waals surface area contributed by atoms with Gasteiger partial charge >= 0.3 is 0 Å². The lowest BCUT2D eigenvalue weighted by molar-refractivity contribution is 0.670. The molecule has 1 aliphatic carbocycles. The first-order chi connectivity index (χ1) is 14.8. The Labute approximate surface area is 181 Å². The van der Waals surface area contributed by atoms with Crippen molar-refractivity contribution < 1.29 is 0 Å². The maximum absolute atomic E-state index is 5.16. The van der Waals surface area contributed by atoms with Gasteiger partial charge in [0.15, 0.2) is 0 Å². The molecule has 0 saturated heterocycles. The largest absolute Gasteiger partial charge is 0.368 e. The quantitative estimate of drug-likeness (QED) is 0.394. The summed E-state index contributed by atoms with van der Waals surface area (Å²) in [6.07, 6.45) is 11.1. The van der Waals surface area contributed by atoms with Gasteiger partial charge in [0.2, 0.25) is 0 Å². The van der Waals surface area contributed by atoms with Gasteiger partial charge in [-0.15, -0.1) is 11.3 Å². The number of aryl methyl sites for hydroxylation is 2. The molecular formula is C25H28N4S. The third-order valence-corrected chi connectivity index (χ3v) is 7.20. The molecule has 0 fully saturated rings. The van der Waals surface area contributed by atoms with Crippen LogP contribution in [0, 0.1) is 0 Å². The Kier molecular flexibility index (Phi) is 5.63. The molecule has 4 aromatic rings. The molecule has 0 bridgehead atoms. The minimum absolute atomic E-state index is 0.859. The van der Waals surface area contributed by atoms with Crippen molar-refractivity contribution in [3.63, 3.8) is 0 Å². The highest BCUT2D eigenvalue weighted by atomic mass is 32.1. The highest BCUT2D eigenvalue weighted by molar-refractivity contribution is 7.26. The Morgan fingerprint density at radius 2 is 1.83 bits per heavy atom. The lowest BCUT2D eigenvalue weighted by Crippen LogP contribution is -2.09. The van der Waals surface area contributed by atoms with Crippen LogP contribution in [0.4, 0.5) is 5.82 Å². The Morgan fingerprint density at radius 3 is 2.67 bits per heavy atom. The van der Waals surface area contributed by atoms with Crippen LogP contribution < -0.4 is 5.32 Å². The van der Waals surface area contributed by atoms with E-state index in [-0.39, 0.29) is 0 Å². The standard InChI is InChI=1S/C25H28N4S/c1-2-3-13-20-18-11-7-8-12-19(18)21-22-23(30-25(21)29-20)24(28-16-27-22)26-15-14-17-9-5-4-6-10-17/h4-6,9-10,16H,2-3,7-8,11-15H2,1H3,(H,26,27,28). The fourth-order valence-electron chi connectivity index (χ4n) is 4.58. The molecule has 1 N–H and O–H groups in total. The Balaban J connectivity index is 1.53. The number of benzene rings is 1. The minimum Gasteiger partial charge on any atom is -0.368 e. The maximum atomic E-state index is 5.16. The predicted molar refractivity (Wildman–Crippen MR) is 127 cm³/mol. The van der Waals surface area contributed by atoms with Gasteiger partial charge in [-0.2, -0.15) is 0 Å². The van der Waals surface area contributed by atoms with Crippen LogP contribution in [0.25, 0.3) is 20.4 Å². The fraction of sp³-hybridized carbons (Fsp3) is 0.400. The van der Waals surface area contributed by atoms with E-state index in [2.05, 4.69) is 47.6 Å². The van der Waals surface area contributed by atoms with Gasteiger partial charge in [0.05, 0.1) is 10.2 Å². The number of nitrogens with one attached hydrogen (secondary N) is 1. The van der Waals surface area contributed by atoms with Gasteiger partial charge in [-0.3, -0.25) is 0 Å². The molecule has 5 heteroatoms.